The van der Waals surface area contributed by atoms with Crippen LogP contribution in [0.25, 0.3) is 0 Å². The Kier molecular flexibility index (Phi) is 6.03. The number of hydrogen-bond donors (Lipinski definition) is 1. The second-order valence-electron chi connectivity index (χ2n) is 7.61. The molecule has 0 saturated carbocycles. The van der Waals surface area contributed by atoms with Gasteiger partial charge in [0, 0.05) is 10.6 Å². The third-order valence-electron chi connectivity index (χ3n) is 4.93. The van der Waals surface area contributed by atoms with Crippen LogP contribution in [0.2, 0.25) is 0 Å². The molecule has 1 aliphatic heterocycles. The van der Waals surface area contributed by atoms with Crippen LogP contribution in [0, 0.1) is 13.8 Å². The Balaban J connectivity index is 1.77. The number of benzene rings is 3. The smallest absolute Gasteiger partial charge is 0.350 e. The van der Waals surface area contributed by atoms with Crippen molar-refractivity contribution in [2.75, 3.05) is 10.2 Å². The number of amides is 2. The van der Waals surface area contributed by atoms with Gasteiger partial charge in [0.1, 0.15) is 10.6 Å². The van der Waals surface area contributed by atoms with Gasteiger partial charge in [0.2, 0.25) is 0 Å². The molecular formula is C25H19F3N2O2S. The average Bonchev–Trinajstić information content (AvgIpc) is 2.97. The van der Waals surface area contributed by atoms with E-state index in [0.29, 0.717) is 5.69 Å². The molecule has 0 saturated heterocycles. The van der Waals surface area contributed by atoms with E-state index in [1.807, 2.05) is 38.1 Å². The van der Waals surface area contributed by atoms with Gasteiger partial charge in [-0.2, -0.15) is 13.2 Å². The van der Waals surface area contributed by atoms with E-state index in [1.54, 1.807) is 24.3 Å². The first-order valence-electron chi connectivity index (χ1n) is 10.0. The minimum Gasteiger partial charge on any atom is -0.350 e. The highest BCUT2D eigenvalue weighted by molar-refractivity contribution is 8.04. The summed E-state index contributed by atoms with van der Waals surface area (Å²) < 4.78 is 39.7. The number of thioether (sulfide) groups is 1. The van der Waals surface area contributed by atoms with Crippen molar-refractivity contribution in [2.24, 2.45) is 0 Å². The van der Waals surface area contributed by atoms with Gasteiger partial charge < -0.3 is 5.32 Å². The van der Waals surface area contributed by atoms with Gasteiger partial charge in [-0.25, -0.2) is 4.90 Å². The molecule has 8 heteroatoms. The Morgan fingerprint density at radius 2 is 1.48 bits per heavy atom. The molecule has 0 spiro atoms. The van der Waals surface area contributed by atoms with Gasteiger partial charge >= 0.3 is 6.18 Å². The lowest BCUT2D eigenvalue weighted by Crippen LogP contribution is -2.32. The van der Waals surface area contributed by atoms with Crippen LogP contribution >= 0.6 is 11.8 Å². The minimum absolute atomic E-state index is 0.0243. The minimum atomic E-state index is -4.60. The summed E-state index contributed by atoms with van der Waals surface area (Å²) in [5.41, 5.74) is 1.48. The summed E-state index contributed by atoms with van der Waals surface area (Å²) in [6.07, 6.45) is -4.60. The number of imide groups is 1. The van der Waals surface area contributed by atoms with Gasteiger partial charge in [0.05, 0.1) is 11.3 Å². The Bertz CT molecular complexity index is 1250. The molecule has 0 aliphatic carbocycles. The maximum atomic E-state index is 13.3. The van der Waals surface area contributed by atoms with Crippen LogP contribution in [0.5, 0.6) is 0 Å². The molecule has 0 fully saturated rings. The van der Waals surface area contributed by atoms with Crippen LogP contribution in [-0.4, -0.2) is 11.8 Å². The van der Waals surface area contributed by atoms with E-state index >= 15 is 0 Å². The first kappa shape index (κ1) is 22.7. The van der Waals surface area contributed by atoms with E-state index in [9.17, 15) is 22.8 Å². The lowest BCUT2D eigenvalue weighted by atomic mass is 10.1. The van der Waals surface area contributed by atoms with Crippen LogP contribution in [-0.2, 0) is 15.8 Å². The zero-order valence-electron chi connectivity index (χ0n) is 17.7. The molecular weight excluding hydrogens is 449 g/mol. The van der Waals surface area contributed by atoms with E-state index in [-0.39, 0.29) is 16.3 Å². The SMILES string of the molecule is Cc1cc(C)cc(NC2=C(Sc3ccccc3)C(=O)N(c3cccc(C(F)(F)F)c3)C2=O)c1. The fraction of sp³-hybridized carbons (Fsp3) is 0.120. The van der Waals surface area contributed by atoms with Gasteiger partial charge in [-0.15, -0.1) is 0 Å². The summed E-state index contributed by atoms with van der Waals surface area (Å²) in [4.78, 5) is 28.3. The fourth-order valence-electron chi connectivity index (χ4n) is 3.57. The number of rotatable bonds is 5. The number of aryl methyl sites for hydroxylation is 2. The van der Waals surface area contributed by atoms with Crippen molar-refractivity contribution in [1.29, 1.82) is 0 Å². The van der Waals surface area contributed by atoms with Gasteiger partial charge in [0.25, 0.3) is 11.8 Å². The number of alkyl halides is 3. The monoisotopic (exact) mass is 468 g/mol. The zero-order valence-corrected chi connectivity index (χ0v) is 18.6. The van der Waals surface area contributed by atoms with Crippen molar-refractivity contribution in [3.05, 3.63) is 100 Å². The molecule has 0 atom stereocenters. The number of carbonyl (C=O) groups is 2. The molecule has 33 heavy (non-hydrogen) atoms. The summed E-state index contributed by atoms with van der Waals surface area (Å²) in [6.45, 7) is 3.81. The molecule has 0 unspecified atom stereocenters. The van der Waals surface area contributed by atoms with Crippen molar-refractivity contribution < 1.29 is 22.8 Å². The predicted molar refractivity (Wildman–Crippen MR) is 123 cm³/mol. The van der Waals surface area contributed by atoms with Crippen molar-refractivity contribution >= 4 is 35.0 Å². The van der Waals surface area contributed by atoms with Crippen LogP contribution in [0.4, 0.5) is 24.5 Å². The summed E-state index contributed by atoms with van der Waals surface area (Å²) in [6, 6.07) is 18.8. The number of nitrogens with zero attached hydrogens (tertiary/aromatic N) is 1. The summed E-state index contributed by atoms with van der Waals surface area (Å²) >= 11 is 1.09. The number of hydrogen-bond acceptors (Lipinski definition) is 4. The average molecular weight is 469 g/mol. The Labute approximate surface area is 193 Å². The molecule has 168 valence electrons. The van der Waals surface area contributed by atoms with Crippen LogP contribution in [0.3, 0.4) is 0 Å². The molecule has 4 nitrogen and oxygen atoms in total. The molecule has 0 bridgehead atoms. The fourth-order valence-corrected chi connectivity index (χ4v) is 4.52. The lowest BCUT2D eigenvalue weighted by molar-refractivity contribution is -0.137. The molecule has 1 aliphatic rings. The van der Waals surface area contributed by atoms with E-state index in [2.05, 4.69) is 5.32 Å². The molecule has 1 N–H and O–H groups in total. The van der Waals surface area contributed by atoms with Crippen LogP contribution in [0.1, 0.15) is 16.7 Å². The Morgan fingerprint density at radius 1 is 0.818 bits per heavy atom. The van der Waals surface area contributed by atoms with Crippen LogP contribution in [0.15, 0.2) is 88.3 Å². The topological polar surface area (TPSA) is 49.4 Å². The Morgan fingerprint density at radius 3 is 2.12 bits per heavy atom. The maximum Gasteiger partial charge on any atom is 0.416 e. The van der Waals surface area contributed by atoms with Crippen molar-refractivity contribution in [3.8, 4) is 0 Å². The van der Waals surface area contributed by atoms with Gasteiger partial charge in [-0.3, -0.25) is 9.59 Å². The zero-order chi connectivity index (χ0) is 23.8. The molecule has 0 aromatic heterocycles. The first-order chi connectivity index (χ1) is 15.6. The summed E-state index contributed by atoms with van der Waals surface area (Å²) in [7, 11) is 0. The maximum absolute atomic E-state index is 13.3. The van der Waals surface area contributed by atoms with Crippen molar-refractivity contribution in [2.45, 2.75) is 24.9 Å². The number of nitrogens with one attached hydrogen (secondary N) is 1. The highest BCUT2D eigenvalue weighted by Crippen LogP contribution is 2.39. The highest BCUT2D eigenvalue weighted by Gasteiger charge is 2.41. The van der Waals surface area contributed by atoms with E-state index in [1.165, 1.54) is 12.1 Å². The summed E-state index contributed by atoms with van der Waals surface area (Å²) in [5, 5.41) is 3.04. The normalized spacial score (nSPS) is 14.3. The molecule has 0 radical (unpaired) electrons. The summed E-state index contributed by atoms with van der Waals surface area (Å²) in [5.74, 6) is -1.39. The van der Waals surface area contributed by atoms with E-state index in [4.69, 9.17) is 0 Å². The van der Waals surface area contributed by atoms with Crippen molar-refractivity contribution in [3.63, 3.8) is 0 Å². The molecule has 2 amide bonds. The molecule has 3 aromatic carbocycles. The third kappa shape index (κ3) is 4.80. The van der Waals surface area contributed by atoms with Crippen molar-refractivity contribution in [1.82, 2.24) is 0 Å². The molecule has 1 heterocycles. The number of halogens is 3. The second kappa shape index (κ2) is 8.78. The van der Waals surface area contributed by atoms with Gasteiger partial charge in [0.15, 0.2) is 0 Å². The largest absolute Gasteiger partial charge is 0.416 e. The standard InChI is InChI=1S/C25H19F3N2O2S/c1-15-11-16(2)13-18(12-15)29-21-22(33-20-9-4-3-5-10-20)24(32)30(23(21)31)19-8-6-7-17(14-19)25(26,27)28/h3-14,29H,1-2H3. The second-order valence-corrected chi connectivity index (χ2v) is 8.70. The van der Waals surface area contributed by atoms with Gasteiger partial charge in [-0.1, -0.05) is 42.1 Å². The highest BCUT2D eigenvalue weighted by atomic mass is 32.2. The quantitative estimate of drug-likeness (QED) is 0.446. The Hall–Kier alpha value is -3.52. The van der Waals surface area contributed by atoms with Gasteiger partial charge in [-0.05, 0) is 67.4 Å². The van der Waals surface area contributed by atoms with E-state index in [0.717, 1.165) is 44.8 Å². The lowest BCUT2D eigenvalue weighted by Gasteiger charge is -2.17. The molecule has 4 rings (SSSR count). The first-order valence-corrected chi connectivity index (χ1v) is 10.8. The van der Waals surface area contributed by atoms with E-state index < -0.39 is 23.6 Å². The predicted octanol–water partition coefficient (Wildman–Crippen LogP) is 6.31. The number of carbonyl (C=O) groups excluding carboxylic acids is 2. The third-order valence-corrected chi connectivity index (χ3v) is 6.02. The molecule has 3 aromatic rings. The number of anilines is 2. The van der Waals surface area contributed by atoms with Crippen LogP contribution < -0.4 is 10.2 Å².